The molecular formula is C24H20N4O3S. The number of aromatic carboxylic acids is 1. The van der Waals surface area contributed by atoms with Crippen molar-refractivity contribution in [2.75, 3.05) is 0 Å². The number of aromatic nitrogens is 2. The van der Waals surface area contributed by atoms with Crippen molar-refractivity contribution in [2.24, 2.45) is 0 Å². The van der Waals surface area contributed by atoms with Crippen LogP contribution in [-0.4, -0.2) is 30.6 Å². The highest BCUT2D eigenvalue weighted by molar-refractivity contribution is 7.80. The Bertz CT molecular complexity index is 1250. The summed E-state index contributed by atoms with van der Waals surface area (Å²) in [6.07, 6.45) is 5.34. The monoisotopic (exact) mass is 444 g/mol. The van der Waals surface area contributed by atoms with E-state index in [4.69, 9.17) is 16.6 Å². The minimum absolute atomic E-state index is 0.185. The van der Waals surface area contributed by atoms with Gasteiger partial charge in [-0.1, -0.05) is 12.1 Å². The second kappa shape index (κ2) is 8.32. The highest BCUT2D eigenvalue weighted by atomic mass is 32.1. The van der Waals surface area contributed by atoms with Gasteiger partial charge in [-0.25, -0.2) is 4.79 Å². The first-order valence-corrected chi connectivity index (χ1v) is 10.5. The van der Waals surface area contributed by atoms with Crippen LogP contribution in [0.15, 0.2) is 89.8 Å². The van der Waals surface area contributed by atoms with Gasteiger partial charge in [0, 0.05) is 23.8 Å². The van der Waals surface area contributed by atoms with E-state index in [2.05, 4.69) is 15.2 Å². The number of nitrogens with zero attached hydrogens (tertiary/aromatic N) is 3. The van der Waals surface area contributed by atoms with Crippen LogP contribution in [0.2, 0.25) is 0 Å². The van der Waals surface area contributed by atoms with Crippen LogP contribution in [0.4, 0.5) is 0 Å². The third kappa shape index (κ3) is 3.65. The molecule has 1 saturated heterocycles. The molecule has 32 heavy (non-hydrogen) atoms. The molecule has 0 saturated carbocycles. The molecule has 0 radical (unpaired) electrons. The lowest BCUT2D eigenvalue weighted by Gasteiger charge is -2.28. The van der Waals surface area contributed by atoms with Crippen molar-refractivity contribution in [1.82, 2.24) is 19.8 Å². The van der Waals surface area contributed by atoms with Crippen molar-refractivity contribution < 1.29 is 14.3 Å². The largest absolute Gasteiger partial charge is 0.478 e. The fourth-order valence-corrected chi connectivity index (χ4v) is 4.43. The zero-order valence-corrected chi connectivity index (χ0v) is 17.8. The van der Waals surface area contributed by atoms with E-state index in [0.29, 0.717) is 11.7 Å². The van der Waals surface area contributed by atoms with Gasteiger partial charge in [-0.3, -0.25) is 4.98 Å². The average Bonchev–Trinajstić information content (AvgIpc) is 3.56. The molecule has 0 aliphatic carbocycles. The van der Waals surface area contributed by atoms with Crippen LogP contribution in [0.1, 0.15) is 39.6 Å². The second-order valence-corrected chi connectivity index (χ2v) is 7.88. The maximum Gasteiger partial charge on any atom is 0.335 e. The summed E-state index contributed by atoms with van der Waals surface area (Å²) >= 11 is 5.72. The van der Waals surface area contributed by atoms with E-state index >= 15 is 0 Å². The molecule has 1 fully saturated rings. The molecule has 0 bridgehead atoms. The summed E-state index contributed by atoms with van der Waals surface area (Å²) in [5, 5.41) is 13.5. The molecule has 0 spiro atoms. The lowest BCUT2D eigenvalue weighted by molar-refractivity contribution is 0.0697. The van der Waals surface area contributed by atoms with Gasteiger partial charge in [-0.05, 0) is 66.8 Å². The van der Waals surface area contributed by atoms with E-state index in [1.54, 1.807) is 30.7 Å². The van der Waals surface area contributed by atoms with Crippen molar-refractivity contribution in [1.29, 1.82) is 0 Å². The predicted octanol–water partition coefficient (Wildman–Crippen LogP) is 4.34. The van der Waals surface area contributed by atoms with E-state index in [9.17, 15) is 9.90 Å². The number of pyridine rings is 1. The molecule has 4 aromatic rings. The summed E-state index contributed by atoms with van der Waals surface area (Å²) in [6, 6.07) is 20.1. The van der Waals surface area contributed by atoms with Gasteiger partial charge in [0.05, 0.1) is 36.1 Å². The summed E-state index contributed by atoms with van der Waals surface area (Å²) in [7, 11) is 0. The number of carbonyl (C=O) groups is 1. The fraction of sp³-hybridized carbons (Fsp3) is 0.125. The molecule has 2 atom stereocenters. The Morgan fingerprint density at radius 1 is 1.12 bits per heavy atom. The SMILES string of the molecule is O=C(O)c1cccc(-n2cccc2[C@@H]2[C@@H](c3ccccn3)NC(=S)N2Cc2ccco2)c1. The second-order valence-electron chi connectivity index (χ2n) is 7.49. The molecule has 1 aliphatic heterocycles. The Labute approximate surface area is 189 Å². The minimum atomic E-state index is -0.963. The first kappa shape index (κ1) is 20.0. The number of furan rings is 1. The van der Waals surface area contributed by atoms with Crippen LogP contribution in [0.3, 0.4) is 0 Å². The van der Waals surface area contributed by atoms with Gasteiger partial charge in [0.2, 0.25) is 0 Å². The van der Waals surface area contributed by atoms with Crippen LogP contribution in [0, 0.1) is 0 Å². The van der Waals surface area contributed by atoms with Crippen molar-refractivity contribution in [2.45, 2.75) is 18.6 Å². The molecule has 7 nitrogen and oxygen atoms in total. The summed E-state index contributed by atoms with van der Waals surface area (Å²) in [6.45, 7) is 0.493. The van der Waals surface area contributed by atoms with Crippen LogP contribution < -0.4 is 5.32 Å². The predicted molar refractivity (Wildman–Crippen MR) is 122 cm³/mol. The fourth-order valence-electron chi connectivity index (χ4n) is 4.13. The Balaban J connectivity index is 1.61. The molecule has 0 unspecified atom stereocenters. The van der Waals surface area contributed by atoms with E-state index in [0.717, 1.165) is 22.8 Å². The number of carboxylic acids is 1. The van der Waals surface area contributed by atoms with Crippen molar-refractivity contribution >= 4 is 23.3 Å². The highest BCUT2D eigenvalue weighted by Gasteiger charge is 2.41. The molecule has 160 valence electrons. The van der Waals surface area contributed by atoms with E-state index < -0.39 is 5.97 Å². The van der Waals surface area contributed by atoms with Gasteiger partial charge in [0.25, 0.3) is 0 Å². The molecule has 8 heteroatoms. The van der Waals surface area contributed by atoms with Crippen molar-refractivity contribution in [3.8, 4) is 5.69 Å². The number of benzene rings is 1. The average molecular weight is 445 g/mol. The highest BCUT2D eigenvalue weighted by Crippen LogP contribution is 2.40. The first-order valence-electron chi connectivity index (χ1n) is 10.1. The Kier molecular flexibility index (Phi) is 5.20. The first-order chi connectivity index (χ1) is 15.6. The van der Waals surface area contributed by atoms with E-state index in [1.807, 2.05) is 59.3 Å². The Morgan fingerprint density at radius 2 is 2.03 bits per heavy atom. The molecule has 3 aromatic heterocycles. The van der Waals surface area contributed by atoms with Crippen LogP contribution in [0.25, 0.3) is 5.69 Å². The smallest absolute Gasteiger partial charge is 0.335 e. The van der Waals surface area contributed by atoms with Crippen LogP contribution in [-0.2, 0) is 6.54 Å². The third-order valence-electron chi connectivity index (χ3n) is 5.56. The topological polar surface area (TPSA) is 83.5 Å². The number of hydrogen-bond donors (Lipinski definition) is 2. The number of rotatable bonds is 6. The van der Waals surface area contributed by atoms with Gasteiger partial charge < -0.3 is 24.3 Å². The maximum absolute atomic E-state index is 11.5. The van der Waals surface area contributed by atoms with Gasteiger partial charge in [0.1, 0.15) is 5.76 Å². The lowest BCUT2D eigenvalue weighted by atomic mass is 10.0. The molecule has 2 N–H and O–H groups in total. The Hall–Kier alpha value is -3.91. The van der Waals surface area contributed by atoms with Gasteiger partial charge in [0.15, 0.2) is 5.11 Å². The summed E-state index contributed by atoms with van der Waals surface area (Å²) < 4.78 is 7.59. The number of thiocarbonyl (C=S) groups is 1. The molecule has 5 rings (SSSR count). The standard InChI is InChI=1S/C24H20N4O3S/c29-23(30)16-6-3-7-17(14-16)27-12-4-10-20(27)22-21(19-9-1-2-11-25-19)26-24(32)28(22)15-18-8-5-13-31-18/h1-14,21-22H,15H2,(H,26,32)(H,29,30)/t21-,22-/m1/s1. The third-order valence-corrected chi connectivity index (χ3v) is 5.91. The van der Waals surface area contributed by atoms with E-state index in [1.165, 1.54) is 0 Å². The van der Waals surface area contributed by atoms with Gasteiger partial charge in [-0.15, -0.1) is 0 Å². The quantitative estimate of drug-likeness (QED) is 0.428. The summed E-state index contributed by atoms with van der Waals surface area (Å²) in [5.41, 5.74) is 2.83. The van der Waals surface area contributed by atoms with Crippen LogP contribution >= 0.6 is 12.2 Å². The molecule has 4 heterocycles. The van der Waals surface area contributed by atoms with Gasteiger partial charge >= 0.3 is 5.97 Å². The van der Waals surface area contributed by atoms with Crippen molar-refractivity contribution in [3.63, 3.8) is 0 Å². The minimum Gasteiger partial charge on any atom is -0.478 e. The van der Waals surface area contributed by atoms with Crippen LogP contribution in [0.5, 0.6) is 0 Å². The lowest BCUT2D eigenvalue weighted by Crippen LogP contribution is -2.29. The molecule has 1 aromatic carbocycles. The zero-order valence-electron chi connectivity index (χ0n) is 17.0. The van der Waals surface area contributed by atoms with Gasteiger partial charge in [-0.2, -0.15) is 0 Å². The molecular weight excluding hydrogens is 424 g/mol. The zero-order chi connectivity index (χ0) is 22.1. The molecule has 0 amide bonds. The van der Waals surface area contributed by atoms with Crippen molar-refractivity contribution in [3.05, 3.63) is 108 Å². The molecule has 1 aliphatic rings. The number of hydrogen-bond acceptors (Lipinski definition) is 4. The summed E-state index contributed by atoms with van der Waals surface area (Å²) in [5.74, 6) is -0.165. The normalized spacial score (nSPS) is 18.0. The number of nitrogens with one attached hydrogen (secondary N) is 1. The summed E-state index contributed by atoms with van der Waals surface area (Å²) in [4.78, 5) is 18.2. The maximum atomic E-state index is 11.5. The van der Waals surface area contributed by atoms with E-state index in [-0.39, 0.29) is 17.6 Å². The number of carboxylic acid groups (broad SMARTS) is 1. The Morgan fingerprint density at radius 3 is 2.78 bits per heavy atom.